The quantitative estimate of drug-likeness (QED) is 0.329. The monoisotopic (exact) mass is 577 g/mol. The van der Waals surface area contributed by atoms with E-state index < -0.39 is 58.0 Å². The minimum absolute atomic E-state index is 0.0164. The lowest BCUT2D eigenvalue weighted by molar-refractivity contribution is -0.153. The molecule has 2 fully saturated rings. The first-order valence-electron chi connectivity index (χ1n) is 14.1. The number of aliphatic hydroxyl groups excluding tert-OH is 2. The van der Waals surface area contributed by atoms with Gasteiger partial charge in [0.15, 0.2) is 11.4 Å². The number of primary amides is 1. The molecule has 1 heterocycles. The Morgan fingerprint density at radius 3 is 2.45 bits per heavy atom. The summed E-state index contributed by atoms with van der Waals surface area (Å²) in [6.07, 6.45) is 2.46. The van der Waals surface area contributed by atoms with Gasteiger partial charge in [0.05, 0.1) is 18.7 Å². The highest BCUT2D eigenvalue weighted by Gasteiger charge is 2.64. The van der Waals surface area contributed by atoms with Crippen molar-refractivity contribution in [2.24, 2.45) is 17.6 Å². The van der Waals surface area contributed by atoms with E-state index in [1.165, 1.54) is 12.0 Å². The number of benzene rings is 2. The molecule has 6 rings (SSSR count). The maximum absolute atomic E-state index is 14.1. The number of nitrogens with two attached hydrogens (primary N) is 1. The van der Waals surface area contributed by atoms with Gasteiger partial charge in [-0.3, -0.25) is 24.2 Å². The summed E-state index contributed by atoms with van der Waals surface area (Å²) in [7, 11) is 4.64. The molecule has 222 valence electrons. The third kappa shape index (κ3) is 3.80. The molecule has 0 spiro atoms. The lowest BCUT2D eigenvalue weighted by Crippen LogP contribution is -2.65. The third-order valence-corrected chi connectivity index (χ3v) is 9.52. The van der Waals surface area contributed by atoms with E-state index in [-0.39, 0.29) is 29.7 Å². The zero-order valence-electron chi connectivity index (χ0n) is 23.8. The summed E-state index contributed by atoms with van der Waals surface area (Å²) in [5.41, 5.74) is 3.20. The number of nitrogens with zero attached hydrogens (tertiary/aromatic N) is 2. The van der Waals surface area contributed by atoms with Crippen molar-refractivity contribution in [1.29, 1.82) is 0 Å². The third-order valence-electron chi connectivity index (χ3n) is 9.52. The maximum Gasteiger partial charge on any atom is 0.255 e. The zero-order chi connectivity index (χ0) is 30.2. The van der Waals surface area contributed by atoms with Crippen LogP contribution in [-0.4, -0.2) is 93.6 Å². The molecule has 11 nitrogen and oxygen atoms in total. The smallest absolute Gasteiger partial charge is 0.255 e. The number of likely N-dealkylation sites (N-methyl/N-ethyl adjacent to an activating group) is 1. The second-order valence-electron chi connectivity index (χ2n) is 12.1. The predicted molar refractivity (Wildman–Crippen MR) is 153 cm³/mol. The van der Waals surface area contributed by atoms with Crippen molar-refractivity contribution < 1.29 is 39.5 Å². The van der Waals surface area contributed by atoms with Gasteiger partial charge in [-0.05, 0) is 70.4 Å². The van der Waals surface area contributed by atoms with Crippen LogP contribution in [0, 0.1) is 11.8 Å². The number of hydrogen-bond acceptors (Lipinski definition) is 10. The Hall–Kier alpha value is -3.93. The first-order chi connectivity index (χ1) is 19.9. The van der Waals surface area contributed by atoms with Crippen LogP contribution in [0.4, 0.5) is 0 Å². The highest BCUT2D eigenvalue weighted by molar-refractivity contribution is 6.24. The predicted octanol–water partition coefficient (Wildman–Crippen LogP) is 1.72. The summed E-state index contributed by atoms with van der Waals surface area (Å²) < 4.78 is 5.82. The number of phenolic OH excluding ortho intramolecular Hbond substituents is 1. The fourth-order valence-electron chi connectivity index (χ4n) is 7.65. The Balaban J connectivity index is 1.54. The first-order valence-corrected chi connectivity index (χ1v) is 14.1. The molecule has 3 aliphatic carbocycles. The van der Waals surface area contributed by atoms with Crippen LogP contribution in [0.1, 0.15) is 36.0 Å². The summed E-state index contributed by atoms with van der Waals surface area (Å²) >= 11 is 0. The molecule has 0 radical (unpaired) electrons. The van der Waals surface area contributed by atoms with Crippen LogP contribution in [0.25, 0.3) is 16.5 Å². The molecule has 1 saturated heterocycles. The average Bonchev–Trinajstić information content (AvgIpc) is 3.44. The number of carbonyl (C=O) groups excluding carboxylic acids is 3. The number of aliphatic hydroxyl groups is 3. The average molecular weight is 578 g/mol. The number of fused-ring (bicyclic) bond motifs is 4. The van der Waals surface area contributed by atoms with Crippen LogP contribution in [0.3, 0.4) is 0 Å². The summed E-state index contributed by atoms with van der Waals surface area (Å²) in [4.78, 5) is 43.4. The van der Waals surface area contributed by atoms with Gasteiger partial charge < -0.3 is 30.9 Å². The van der Waals surface area contributed by atoms with Crippen molar-refractivity contribution in [3.05, 3.63) is 51.8 Å². The summed E-state index contributed by atoms with van der Waals surface area (Å²) in [5.74, 6) is -6.31. The molecule has 42 heavy (non-hydrogen) atoms. The van der Waals surface area contributed by atoms with E-state index in [0.717, 1.165) is 31.5 Å². The fourth-order valence-corrected chi connectivity index (χ4v) is 7.65. The van der Waals surface area contributed by atoms with E-state index in [4.69, 9.17) is 10.5 Å². The molecule has 4 atom stereocenters. The molecule has 0 aromatic heterocycles. The van der Waals surface area contributed by atoms with E-state index in [1.54, 1.807) is 14.1 Å². The topological polar surface area (TPSA) is 174 Å². The van der Waals surface area contributed by atoms with Gasteiger partial charge in [0.25, 0.3) is 5.91 Å². The molecule has 1 saturated carbocycles. The molecule has 0 unspecified atom stereocenters. The largest absolute Gasteiger partial charge is 0.508 e. The van der Waals surface area contributed by atoms with E-state index in [1.807, 2.05) is 18.2 Å². The molecular weight excluding hydrogens is 542 g/mol. The van der Waals surface area contributed by atoms with E-state index >= 15 is 0 Å². The van der Waals surface area contributed by atoms with Gasteiger partial charge in [-0.15, -0.1) is 0 Å². The standard InChI is InChI=1S/C31H35N3O8/c1-33(2)23-19-12-15-11-18-21(25(36)20(15)28(38)31(19,41)29(39)22(26(23)37)30(32)40)24(35)17-10-14(13-34-8-4-5-9-34)6-7-16(17)27(18)42-3/h6-7,10,15,19,23,35-36,39,41H,4-5,8-9,11-13H2,1-3H3,(H2,32,40)/t15-,19-,23-,31-/m0/s1. The number of carbonyl (C=O) groups is 3. The Bertz CT molecular complexity index is 1620. The molecule has 2 aromatic rings. The van der Waals surface area contributed by atoms with Crippen LogP contribution in [0.5, 0.6) is 11.5 Å². The summed E-state index contributed by atoms with van der Waals surface area (Å²) in [6, 6.07) is 4.59. The number of hydrogen-bond donors (Lipinski definition) is 5. The number of rotatable bonds is 5. The van der Waals surface area contributed by atoms with Crippen molar-refractivity contribution in [2.75, 3.05) is 34.3 Å². The second kappa shape index (κ2) is 9.82. The van der Waals surface area contributed by atoms with Crippen molar-refractivity contribution in [3.8, 4) is 11.5 Å². The van der Waals surface area contributed by atoms with Crippen molar-refractivity contribution in [3.63, 3.8) is 0 Å². The van der Waals surface area contributed by atoms with Crippen LogP contribution >= 0.6 is 0 Å². The highest BCUT2D eigenvalue weighted by atomic mass is 16.5. The highest BCUT2D eigenvalue weighted by Crippen LogP contribution is 2.55. The number of methoxy groups -OCH3 is 1. The van der Waals surface area contributed by atoms with Gasteiger partial charge in [0.1, 0.15) is 28.6 Å². The van der Waals surface area contributed by atoms with Crippen LogP contribution < -0.4 is 10.5 Å². The van der Waals surface area contributed by atoms with Gasteiger partial charge in [0.2, 0.25) is 5.78 Å². The molecule has 11 heteroatoms. The van der Waals surface area contributed by atoms with Gasteiger partial charge in [0, 0.05) is 34.4 Å². The molecule has 1 aliphatic heterocycles. The Morgan fingerprint density at radius 1 is 1.14 bits per heavy atom. The Morgan fingerprint density at radius 2 is 1.83 bits per heavy atom. The number of ether oxygens (including phenoxy) is 1. The van der Waals surface area contributed by atoms with Crippen molar-refractivity contribution in [2.45, 2.75) is 43.9 Å². The van der Waals surface area contributed by atoms with Gasteiger partial charge in [-0.25, -0.2) is 0 Å². The minimum Gasteiger partial charge on any atom is -0.508 e. The van der Waals surface area contributed by atoms with Gasteiger partial charge in [-0.1, -0.05) is 12.1 Å². The first kappa shape index (κ1) is 28.2. The normalized spacial score (nSPS) is 27.9. The molecule has 2 aromatic carbocycles. The SMILES string of the molecule is COc1c2c(c(O)c3cc(CN4CCCC4)ccc13)C(O)=C1C(=O)[C@]3(O)C(O)=C(C(N)=O)C(=O)[C@@H](N(C)C)[C@@H]3C[C@@H]1C2. The van der Waals surface area contributed by atoms with Crippen LogP contribution in [-0.2, 0) is 27.3 Å². The number of amides is 1. The van der Waals surface area contributed by atoms with Crippen LogP contribution in [0.15, 0.2) is 35.1 Å². The Labute approximate surface area is 242 Å². The summed E-state index contributed by atoms with van der Waals surface area (Å²) in [6.45, 7) is 2.70. The van der Waals surface area contributed by atoms with Gasteiger partial charge in [-0.2, -0.15) is 0 Å². The maximum atomic E-state index is 14.1. The van der Waals surface area contributed by atoms with Crippen molar-refractivity contribution >= 4 is 34.0 Å². The molecule has 6 N–H and O–H groups in total. The zero-order valence-corrected chi connectivity index (χ0v) is 23.8. The number of likely N-dealkylation sites (tertiary alicyclic amines) is 1. The molecule has 0 bridgehead atoms. The number of ketones is 2. The fraction of sp³-hybridized carbons (Fsp3) is 0.452. The van der Waals surface area contributed by atoms with E-state index in [2.05, 4.69) is 4.90 Å². The molecular formula is C31H35N3O8. The van der Waals surface area contributed by atoms with Gasteiger partial charge >= 0.3 is 0 Å². The second-order valence-corrected chi connectivity index (χ2v) is 12.1. The molecule has 1 amide bonds. The lowest BCUT2D eigenvalue weighted by Gasteiger charge is -2.50. The van der Waals surface area contributed by atoms with Crippen molar-refractivity contribution in [1.82, 2.24) is 9.80 Å². The lowest BCUT2D eigenvalue weighted by atomic mass is 9.57. The van der Waals surface area contributed by atoms with E-state index in [9.17, 15) is 34.8 Å². The number of aromatic hydroxyl groups is 1. The van der Waals surface area contributed by atoms with E-state index in [0.29, 0.717) is 28.6 Å². The van der Waals surface area contributed by atoms with Crippen LogP contribution in [0.2, 0.25) is 0 Å². The summed E-state index contributed by atoms with van der Waals surface area (Å²) in [5, 5.41) is 47.1. The Kier molecular flexibility index (Phi) is 6.60. The minimum atomic E-state index is -2.68. The number of phenols is 1. The molecule has 4 aliphatic rings. The number of Topliss-reactive ketones (excluding diaryl/α,β-unsaturated/α-hetero) is 2.